The molecule has 2 aromatic rings. The molecule has 23 heavy (non-hydrogen) atoms. The Morgan fingerprint density at radius 3 is 2.26 bits per heavy atom. The van der Waals surface area contributed by atoms with Gasteiger partial charge in [0.2, 0.25) is 0 Å². The Kier molecular flexibility index (Phi) is 11.1. The molecule has 3 rings (SSSR count). The Morgan fingerprint density at radius 2 is 1.70 bits per heavy atom. The summed E-state index contributed by atoms with van der Waals surface area (Å²) in [6, 6.07) is 8.82. The zero-order valence-electron chi connectivity index (χ0n) is 16.2. The van der Waals surface area contributed by atoms with Gasteiger partial charge in [0.1, 0.15) is 0 Å². The first-order valence-electron chi connectivity index (χ1n) is 9.25. The zero-order valence-corrected chi connectivity index (χ0v) is 16.2. The summed E-state index contributed by atoms with van der Waals surface area (Å²) in [6.45, 7) is 14.6. The smallest absolute Gasteiger partial charge is 0.0921 e. The van der Waals surface area contributed by atoms with Crippen LogP contribution in [0.3, 0.4) is 0 Å². The molecule has 1 atom stereocenters. The second-order valence-corrected chi connectivity index (χ2v) is 5.68. The minimum absolute atomic E-state index is 0.281. The summed E-state index contributed by atoms with van der Waals surface area (Å²) < 4.78 is 0. The van der Waals surface area contributed by atoms with Crippen molar-refractivity contribution in [3.63, 3.8) is 0 Å². The molecule has 0 bridgehead atoms. The first-order valence-corrected chi connectivity index (χ1v) is 9.25. The van der Waals surface area contributed by atoms with Crippen molar-refractivity contribution in [3.8, 4) is 0 Å². The first-order chi connectivity index (χ1) is 11.2. The van der Waals surface area contributed by atoms with Crippen LogP contribution in [0.4, 0.5) is 0 Å². The van der Waals surface area contributed by atoms with E-state index >= 15 is 0 Å². The average Bonchev–Trinajstić information content (AvgIpc) is 3.21. The second-order valence-electron chi connectivity index (χ2n) is 5.68. The van der Waals surface area contributed by atoms with Gasteiger partial charge in [0.15, 0.2) is 0 Å². The maximum atomic E-state index is 4.10. The lowest BCUT2D eigenvalue weighted by atomic mass is 9.80. The molecule has 0 saturated heterocycles. The molecule has 1 aromatic carbocycles. The predicted octanol–water partition coefficient (Wildman–Crippen LogP) is 6.33. The highest BCUT2D eigenvalue weighted by molar-refractivity contribution is 5.39. The maximum Gasteiger partial charge on any atom is 0.0921 e. The molecule has 2 heteroatoms. The predicted molar refractivity (Wildman–Crippen MR) is 103 cm³/mol. The Hall–Kier alpha value is -1.57. The van der Waals surface area contributed by atoms with Gasteiger partial charge in [-0.2, -0.15) is 0 Å². The largest absolute Gasteiger partial charge is 0.348 e. The molecule has 1 aliphatic rings. The Bertz CT molecular complexity index is 502. The van der Waals surface area contributed by atoms with Crippen molar-refractivity contribution in [1.82, 2.24) is 9.97 Å². The van der Waals surface area contributed by atoms with E-state index in [1.807, 2.05) is 33.9 Å². The van der Waals surface area contributed by atoms with E-state index in [0.29, 0.717) is 0 Å². The third kappa shape index (κ3) is 6.21. The standard InChI is InChI=1S/C14H16N2.C3H8.2C2H6/c1-14(8-12-9-15-10-16-12)7-6-11-4-2-3-5-13(11)14;1-3-2;2*1-2/h2-5,9-10H,6-8H2,1H3,(H,15,16);3H2,1-2H3;2*1-2H3. The van der Waals surface area contributed by atoms with Crippen LogP contribution in [0, 0.1) is 0 Å². The van der Waals surface area contributed by atoms with Gasteiger partial charge in [-0.15, -0.1) is 0 Å². The molecular formula is C21H36N2. The van der Waals surface area contributed by atoms with Crippen molar-refractivity contribution in [2.24, 2.45) is 0 Å². The highest BCUT2D eigenvalue weighted by Crippen LogP contribution is 2.40. The van der Waals surface area contributed by atoms with Crippen LogP contribution in [0.25, 0.3) is 0 Å². The SMILES string of the molecule is CC.CC.CC1(Cc2cnc[nH]2)CCc2ccccc21.CCC. The molecule has 0 fully saturated rings. The van der Waals surface area contributed by atoms with E-state index in [9.17, 15) is 0 Å². The van der Waals surface area contributed by atoms with Crippen LogP contribution < -0.4 is 0 Å². The van der Waals surface area contributed by atoms with Gasteiger partial charge in [-0.25, -0.2) is 4.98 Å². The molecule has 1 aromatic heterocycles. The number of H-pyrrole nitrogens is 1. The van der Waals surface area contributed by atoms with Crippen molar-refractivity contribution in [2.75, 3.05) is 0 Å². The number of imidazole rings is 1. The molecule has 1 N–H and O–H groups in total. The van der Waals surface area contributed by atoms with Gasteiger partial charge in [-0.1, -0.05) is 79.2 Å². The van der Waals surface area contributed by atoms with Crippen LogP contribution in [0.15, 0.2) is 36.8 Å². The minimum Gasteiger partial charge on any atom is -0.348 e. The number of fused-ring (bicyclic) bond motifs is 1. The molecule has 130 valence electrons. The first kappa shape index (κ1) is 21.4. The van der Waals surface area contributed by atoms with Gasteiger partial charge in [-0.05, 0) is 35.8 Å². The van der Waals surface area contributed by atoms with Crippen LogP contribution in [0.1, 0.15) is 78.1 Å². The van der Waals surface area contributed by atoms with Crippen molar-refractivity contribution in [2.45, 2.75) is 79.6 Å². The molecule has 1 heterocycles. The van der Waals surface area contributed by atoms with E-state index in [1.165, 1.54) is 36.1 Å². The van der Waals surface area contributed by atoms with Crippen LogP contribution in [-0.2, 0) is 18.3 Å². The highest BCUT2D eigenvalue weighted by Gasteiger charge is 2.34. The normalized spacial score (nSPS) is 17.5. The van der Waals surface area contributed by atoms with Crippen LogP contribution in [0.5, 0.6) is 0 Å². The van der Waals surface area contributed by atoms with E-state index in [1.54, 1.807) is 6.33 Å². The number of hydrogen-bond donors (Lipinski definition) is 1. The lowest BCUT2D eigenvalue weighted by molar-refractivity contribution is 0.462. The number of aromatic nitrogens is 2. The second kappa shape index (κ2) is 11.9. The number of nitrogens with zero attached hydrogens (tertiary/aromatic N) is 1. The molecule has 0 spiro atoms. The van der Waals surface area contributed by atoms with E-state index in [-0.39, 0.29) is 5.41 Å². The monoisotopic (exact) mass is 316 g/mol. The molecule has 2 nitrogen and oxygen atoms in total. The number of aryl methyl sites for hydroxylation is 1. The summed E-state index contributed by atoms with van der Waals surface area (Å²) in [7, 11) is 0. The molecular weight excluding hydrogens is 280 g/mol. The number of rotatable bonds is 2. The fourth-order valence-electron chi connectivity index (χ4n) is 2.86. The summed E-state index contributed by atoms with van der Waals surface area (Å²) >= 11 is 0. The third-order valence-corrected chi connectivity index (χ3v) is 3.75. The van der Waals surface area contributed by atoms with E-state index in [0.717, 1.165) is 6.42 Å². The van der Waals surface area contributed by atoms with Gasteiger partial charge in [0.05, 0.1) is 6.33 Å². The fraction of sp³-hybridized carbons (Fsp3) is 0.571. The molecule has 1 unspecified atom stereocenters. The number of hydrogen-bond acceptors (Lipinski definition) is 1. The van der Waals surface area contributed by atoms with Crippen LogP contribution in [0.2, 0.25) is 0 Å². The van der Waals surface area contributed by atoms with Crippen LogP contribution in [-0.4, -0.2) is 9.97 Å². The third-order valence-electron chi connectivity index (χ3n) is 3.75. The van der Waals surface area contributed by atoms with Crippen molar-refractivity contribution in [1.29, 1.82) is 0 Å². The van der Waals surface area contributed by atoms with Crippen molar-refractivity contribution >= 4 is 0 Å². The summed E-state index contributed by atoms with van der Waals surface area (Å²) in [4.78, 5) is 7.30. The van der Waals surface area contributed by atoms with Gasteiger partial charge in [0.25, 0.3) is 0 Å². The summed E-state index contributed by atoms with van der Waals surface area (Å²) in [5, 5.41) is 0. The van der Waals surface area contributed by atoms with Crippen LogP contribution >= 0.6 is 0 Å². The lowest BCUT2D eigenvalue weighted by Crippen LogP contribution is -2.21. The fourth-order valence-corrected chi connectivity index (χ4v) is 2.86. The van der Waals surface area contributed by atoms with Gasteiger partial charge in [-0.3, -0.25) is 0 Å². The van der Waals surface area contributed by atoms with Gasteiger partial charge >= 0.3 is 0 Å². The summed E-state index contributed by atoms with van der Waals surface area (Å²) in [6.07, 6.45) is 8.46. The molecule has 0 saturated carbocycles. The van der Waals surface area contributed by atoms with Crippen molar-refractivity contribution < 1.29 is 0 Å². The number of benzene rings is 1. The summed E-state index contributed by atoms with van der Waals surface area (Å²) in [5.74, 6) is 0. The Balaban J connectivity index is 0.000000609. The van der Waals surface area contributed by atoms with E-state index in [2.05, 4.69) is 55.0 Å². The maximum absolute atomic E-state index is 4.10. The number of nitrogens with one attached hydrogen (secondary N) is 1. The van der Waals surface area contributed by atoms with E-state index in [4.69, 9.17) is 0 Å². The average molecular weight is 317 g/mol. The molecule has 0 aliphatic heterocycles. The molecule has 1 aliphatic carbocycles. The molecule has 0 amide bonds. The Morgan fingerprint density at radius 1 is 1.09 bits per heavy atom. The quantitative estimate of drug-likeness (QED) is 0.689. The topological polar surface area (TPSA) is 28.7 Å². The zero-order chi connectivity index (χ0) is 17.7. The van der Waals surface area contributed by atoms with Gasteiger partial charge in [0, 0.05) is 11.9 Å². The highest BCUT2D eigenvalue weighted by atomic mass is 14.9. The number of aromatic amines is 1. The molecule has 0 radical (unpaired) electrons. The van der Waals surface area contributed by atoms with Gasteiger partial charge < -0.3 is 4.98 Å². The minimum atomic E-state index is 0.281. The Labute approximate surface area is 143 Å². The van der Waals surface area contributed by atoms with Crippen molar-refractivity contribution in [3.05, 3.63) is 53.6 Å². The lowest BCUT2D eigenvalue weighted by Gasteiger charge is -2.24. The summed E-state index contributed by atoms with van der Waals surface area (Å²) in [5.41, 5.74) is 4.55. The van der Waals surface area contributed by atoms with E-state index < -0.39 is 0 Å².